The van der Waals surface area contributed by atoms with E-state index in [1.165, 1.54) is 36.4 Å². The van der Waals surface area contributed by atoms with Crippen LogP contribution in [0.1, 0.15) is 36.8 Å². The van der Waals surface area contributed by atoms with E-state index in [-0.39, 0.29) is 47.8 Å². The average molecular weight is 472 g/mol. The van der Waals surface area contributed by atoms with Crippen LogP contribution in [0.5, 0.6) is 0 Å². The number of carbonyl (C=O) groups excluding carboxylic acids is 2. The number of benzene rings is 2. The third kappa shape index (κ3) is 6.89. The summed E-state index contributed by atoms with van der Waals surface area (Å²) in [5.41, 5.74) is 0.313. The summed E-state index contributed by atoms with van der Waals surface area (Å²) in [4.78, 5) is 45.4. The maximum atomic E-state index is 12.2. The number of nitrogens with zero attached hydrogens (tertiary/aromatic N) is 2. The highest BCUT2D eigenvalue weighted by molar-refractivity contribution is 5.68. The highest BCUT2D eigenvalue weighted by Gasteiger charge is 2.26. The Bertz CT molecular complexity index is 979. The van der Waals surface area contributed by atoms with E-state index in [1.807, 2.05) is 0 Å². The molecule has 2 aromatic carbocycles. The number of rotatable bonds is 8. The number of amides is 2. The van der Waals surface area contributed by atoms with Crippen molar-refractivity contribution in [3.8, 4) is 0 Å². The van der Waals surface area contributed by atoms with Gasteiger partial charge in [0, 0.05) is 24.2 Å². The Morgan fingerprint density at radius 3 is 1.62 bits per heavy atom. The number of ether oxygens (including phenoxy) is 2. The van der Waals surface area contributed by atoms with E-state index in [0.717, 1.165) is 6.42 Å². The molecule has 0 bridgehead atoms. The number of nitro benzene ring substituents is 2. The van der Waals surface area contributed by atoms with Crippen molar-refractivity contribution in [3.63, 3.8) is 0 Å². The maximum Gasteiger partial charge on any atom is 0.407 e. The largest absolute Gasteiger partial charge is 0.444 e. The number of carbonyl (C=O) groups is 2. The van der Waals surface area contributed by atoms with E-state index in [1.54, 1.807) is 12.1 Å². The van der Waals surface area contributed by atoms with E-state index in [0.29, 0.717) is 19.3 Å². The van der Waals surface area contributed by atoms with Crippen LogP contribution >= 0.6 is 0 Å². The van der Waals surface area contributed by atoms with E-state index >= 15 is 0 Å². The molecule has 0 spiro atoms. The van der Waals surface area contributed by atoms with Crippen LogP contribution in [-0.4, -0.2) is 34.1 Å². The van der Waals surface area contributed by atoms with Crippen LogP contribution in [0.25, 0.3) is 0 Å². The van der Waals surface area contributed by atoms with Crippen molar-refractivity contribution in [3.05, 3.63) is 79.9 Å². The maximum absolute atomic E-state index is 12.2. The fourth-order valence-electron chi connectivity index (χ4n) is 3.78. The first-order chi connectivity index (χ1) is 16.3. The van der Waals surface area contributed by atoms with Crippen LogP contribution in [0.4, 0.5) is 21.0 Å². The molecule has 1 aliphatic carbocycles. The Morgan fingerprint density at radius 2 is 1.21 bits per heavy atom. The van der Waals surface area contributed by atoms with Gasteiger partial charge in [-0.3, -0.25) is 20.2 Å². The lowest BCUT2D eigenvalue weighted by atomic mass is 9.91. The van der Waals surface area contributed by atoms with Gasteiger partial charge in [-0.2, -0.15) is 0 Å². The van der Waals surface area contributed by atoms with Gasteiger partial charge < -0.3 is 20.1 Å². The highest BCUT2D eigenvalue weighted by Crippen LogP contribution is 2.21. The second-order valence-corrected chi connectivity index (χ2v) is 7.77. The Kier molecular flexibility index (Phi) is 8.32. The predicted molar refractivity (Wildman–Crippen MR) is 119 cm³/mol. The minimum atomic E-state index is -0.706. The van der Waals surface area contributed by atoms with Crippen LogP contribution in [-0.2, 0) is 22.7 Å². The predicted octanol–water partition coefficient (Wildman–Crippen LogP) is 3.97. The first kappa shape index (κ1) is 24.4. The molecule has 0 heterocycles. The molecule has 12 nitrogen and oxygen atoms in total. The number of nitro groups is 2. The Hall–Kier alpha value is -4.22. The standard InChI is InChI=1S/C22H24N4O8/c27-21(33-13-15-6-1-3-10-19(15)25(29)30)23-17-8-5-9-18(12-17)24-22(28)34-14-16-7-2-4-11-20(16)26(31)32/h1-4,6-7,10-11,17-18H,5,8-9,12-14H2,(H,23,27)(H,24,28). The van der Waals surface area contributed by atoms with Gasteiger partial charge in [0.15, 0.2) is 0 Å². The molecule has 0 radical (unpaired) electrons. The molecule has 1 aliphatic rings. The third-order valence-electron chi connectivity index (χ3n) is 5.41. The monoisotopic (exact) mass is 472 g/mol. The normalized spacial score (nSPS) is 17.3. The topological polar surface area (TPSA) is 163 Å². The van der Waals surface area contributed by atoms with Crippen molar-refractivity contribution in [2.24, 2.45) is 0 Å². The van der Waals surface area contributed by atoms with Gasteiger partial charge >= 0.3 is 12.2 Å². The van der Waals surface area contributed by atoms with E-state index in [4.69, 9.17) is 9.47 Å². The zero-order valence-electron chi connectivity index (χ0n) is 18.2. The van der Waals surface area contributed by atoms with Gasteiger partial charge in [0.05, 0.1) is 21.0 Å². The molecule has 2 N–H and O–H groups in total. The molecule has 0 aromatic heterocycles. The van der Waals surface area contributed by atoms with Crippen molar-refractivity contribution in [1.29, 1.82) is 0 Å². The first-order valence-corrected chi connectivity index (χ1v) is 10.6. The Labute approximate surface area is 194 Å². The zero-order valence-corrected chi connectivity index (χ0v) is 18.2. The van der Waals surface area contributed by atoms with E-state index in [9.17, 15) is 29.8 Å². The average Bonchev–Trinajstić information content (AvgIpc) is 2.82. The molecule has 1 saturated carbocycles. The molecule has 0 saturated heterocycles. The summed E-state index contributed by atoms with van der Waals surface area (Å²) in [5, 5.41) is 27.6. The van der Waals surface area contributed by atoms with Crippen molar-refractivity contribution >= 4 is 23.6 Å². The zero-order chi connectivity index (χ0) is 24.5. The fraction of sp³-hybridized carbons (Fsp3) is 0.364. The van der Waals surface area contributed by atoms with Gasteiger partial charge in [-0.05, 0) is 37.8 Å². The number of para-hydroxylation sites is 2. The molecule has 2 amide bonds. The molecule has 1 fully saturated rings. The molecule has 2 atom stereocenters. The lowest BCUT2D eigenvalue weighted by molar-refractivity contribution is -0.386. The lowest BCUT2D eigenvalue weighted by Crippen LogP contribution is -2.46. The summed E-state index contributed by atoms with van der Waals surface area (Å²) < 4.78 is 10.3. The Balaban J connectivity index is 1.44. The molecule has 2 unspecified atom stereocenters. The fourth-order valence-corrected chi connectivity index (χ4v) is 3.78. The third-order valence-corrected chi connectivity index (χ3v) is 5.41. The van der Waals surface area contributed by atoms with Gasteiger partial charge in [-0.15, -0.1) is 0 Å². The van der Waals surface area contributed by atoms with Crippen molar-refractivity contribution < 1.29 is 28.9 Å². The minimum Gasteiger partial charge on any atom is -0.444 e. The molecule has 180 valence electrons. The number of hydrogen-bond acceptors (Lipinski definition) is 8. The highest BCUT2D eigenvalue weighted by atomic mass is 16.6. The minimum absolute atomic E-state index is 0.128. The second kappa shape index (κ2) is 11.6. The van der Waals surface area contributed by atoms with E-state index < -0.39 is 22.0 Å². The molecular weight excluding hydrogens is 448 g/mol. The van der Waals surface area contributed by atoms with Gasteiger partial charge in [0.2, 0.25) is 0 Å². The smallest absolute Gasteiger partial charge is 0.407 e. The number of hydrogen-bond donors (Lipinski definition) is 2. The van der Waals surface area contributed by atoms with Gasteiger partial charge in [-0.1, -0.05) is 24.3 Å². The first-order valence-electron chi connectivity index (χ1n) is 10.6. The van der Waals surface area contributed by atoms with E-state index in [2.05, 4.69) is 10.6 Å². The molecule has 12 heteroatoms. The van der Waals surface area contributed by atoms with Crippen LogP contribution < -0.4 is 10.6 Å². The van der Waals surface area contributed by atoms with Crippen LogP contribution in [0.3, 0.4) is 0 Å². The van der Waals surface area contributed by atoms with Gasteiger partial charge in [0.1, 0.15) is 13.2 Å². The summed E-state index contributed by atoms with van der Waals surface area (Å²) in [6.07, 6.45) is 1.14. The van der Waals surface area contributed by atoms with Crippen molar-refractivity contribution in [2.45, 2.75) is 51.0 Å². The second-order valence-electron chi connectivity index (χ2n) is 7.77. The summed E-state index contributed by atoms with van der Waals surface area (Å²) in [5.74, 6) is 0. The molecule has 34 heavy (non-hydrogen) atoms. The van der Waals surface area contributed by atoms with Gasteiger partial charge in [-0.25, -0.2) is 9.59 Å². The van der Waals surface area contributed by atoms with Gasteiger partial charge in [0.25, 0.3) is 11.4 Å². The van der Waals surface area contributed by atoms with Crippen LogP contribution in [0.15, 0.2) is 48.5 Å². The quantitative estimate of drug-likeness (QED) is 0.430. The summed E-state index contributed by atoms with van der Waals surface area (Å²) in [6, 6.07) is 11.5. The summed E-state index contributed by atoms with van der Waals surface area (Å²) in [6.45, 7) is -0.481. The lowest BCUT2D eigenvalue weighted by Gasteiger charge is -2.29. The molecule has 2 aromatic rings. The number of nitrogens with one attached hydrogen (secondary N) is 2. The van der Waals surface area contributed by atoms with Crippen LogP contribution in [0, 0.1) is 20.2 Å². The summed E-state index contributed by atoms with van der Waals surface area (Å²) in [7, 11) is 0. The summed E-state index contributed by atoms with van der Waals surface area (Å²) >= 11 is 0. The Morgan fingerprint density at radius 1 is 0.794 bits per heavy atom. The van der Waals surface area contributed by atoms with Crippen molar-refractivity contribution in [2.75, 3.05) is 0 Å². The molecular formula is C22H24N4O8. The molecule has 3 rings (SSSR count). The van der Waals surface area contributed by atoms with Crippen molar-refractivity contribution in [1.82, 2.24) is 10.6 Å². The van der Waals surface area contributed by atoms with Crippen LogP contribution in [0.2, 0.25) is 0 Å². The molecule has 0 aliphatic heterocycles. The SMILES string of the molecule is O=C(NC1CCCC(NC(=O)OCc2ccccc2[N+](=O)[O-])C1)OCc1ccccc1[N+](=O)[O-]. The number of alkyl carbamates (subject to hydrolysis) is 2.